The Bertz CT molecular complexity index is 777. The summed E-state index contributed by atoms with van der Waals surface area (Å²) in [5.41, 5.74) is 8.86. The van der Waals surface area contributed by atoms with Crippen molar-refractivity contribution in [2.45, 2.75) is 12.8 Å². The first-order valence-corrected chi connectivity index (χ1v) is 8.26. The fraction of sp³-hybridized carbons (Fsp3) is 0.263. The number of ether oxygens (including phenoxy) is 1. The highest BCUT2D eigenvalue weighted by Gasteiger charge is 2.21. The number of para-hydroxylation sites is 1. The number of methoxy groups -OCH3 is 1. The van der Waals surface area contributed by atoms with Gasteiger partial charge in [-0.15, -0.1) is 24.0 Å². The van der Waals surface area contributed by atoms with Gasteiger partial charge in [0.2, 0.25) is 5.91 Å². The minimum absolute atomic E-state index is 0. The minimum atomic E-state index is -0.0494. The Morgan fingerprint density at radius 3 is 2.69 bits per heavy atom. The van der Waals surface area contributed by atoms with Crippen LogP contribution >= 0.6 is 24.0 Å². The summed E-state index contributed by atoms with van der Waals surface area (Å²) in [6, 6.07) is 15.3. The van der Waals surface area contributed by atoms with Crippen LogP contribution in [0.15, 0.2) is 53.5 Å². The molecule has 7 heteroatoms. The zero-order valence-corrected chi connectivity index (χ0v) is 17.0. The van der Waals surface area contributed by atoms with Crippen molar-refractivity contribution in [1.29, 1.82) is 0 Å². The molecular formula is C19H23IN4O2. The number of benzene rings is 2. The van der Waals surface area contributed by atoms with Crippen molar-refractivity contribution in [3.8, 4) is 5.75 Å². The number of nitrogens with two attached hydrogens (primary N) is 1. The molecule has 1 aliphatic heterocycles. The first-order chi connectivity index (χ1) is 12.2. The smallest absolute Gasteiger partial charge is 0.248 e. The van der Waals surface area contributed by atoms with E-state index in [0.717, 1.165) is 36.5 Å². The SMILES string of the molecule is COc1ccc(NC(N)=NCC(=O)N2CCCc3ccccc32)cc1.I. The second-order valence-electron chi connectivity index (χ2n) is 5.83. The molecule has 3 N–H and O–H groups in total. The van der Waals surface area contributed by atoms with E-state index < -0.39 is 0 Å². The van der Waals surface area contributed by atoms with E-state index >= 15 is 0 Å². The van der Waals surface area contributed by atoms with Gasteiger partial charge in [-0.1, -0.05) is 18.2 Å². The van der Waals surface area contributed by atoms with Gasteiger partial charge in [-0.2, -0.15) is 0 Å². The number of anilines is 2. The first-order valence-electron chi connectivity index (χ1n) is 8.26. The molecule has 0 unspecified atom stereocenters. The molecule has 0 spiro atoms. The van der Waals surface area contributed by atoms with E-state index in [0.29, 0.717) is 0 Å². The van der Waals surface area contributed by atoms with Gasteiger partial charge in [-0.05, 0) is 48.7 Å². The van der Waals surface area contributed by atoms with Crippen LogP contribution in [0.1, 0.15) is 12.0 Å². The molecular weight excluding hydrogens is 443 g/mol. The predicted molar refractivity (Wildman–Crippen MR) is 116 cm³/mol. The Balaban J connectivity index is 0.00000243. The molecule has 1 aliphatic rings. The molecule has 3 rings (SSSR count). The number of aliphatic imine (C=N–C) groups is 1. The van der Waals surface area contributed by atoms with E-state index in [4.69, 9.17) is 10.5 Å². The van der Waals surface area contributed by atoms with E-state index in [9.17, 15) is 4.79 Å². The molecule has 0 fully saturated rings. The number of rotatable bonds is 4. The Morgan fingerprint density at radius 1 is 1.23 bits per heavy atom. The lowest BCUT2D eigenvalue weighted by atomic mass is 10.0. The lowest BCUT2D eigenvalue weighted by Gasteiger charge is -2.29. The third-order valence-electron chi connectivity index (χ3n) is 4.16. The summed E-state index contributed by atoms with van der Waals surface area (Å²) in [4.78, 5) is 18.5. The van der Waals surface area contributed by atoms with Crippen molar-refractivity contribution in [2.24, 2.45) is 10.7 Å². The van der Waals surface area contributed by atoms with Crippen LogP contribution in [-0.4, -0.2) is 32.1 Å². The standard InChI is InChI=1S/C19H22N4O2.HI/c1-25-16-10-8-15(9-11-16)22-19(20)21-13-18(24)23-12-4-6-14-5-2-3-7-17(14)23;/h2-3,5,7-11H,4,6,12-13H2,1H3,(H3,20,21,22);1H. The highest BCUT2D eigenvalue weighted by molar-refractivity contribution is 14.0. The topological polar surface area (TPSA) is 80.0 Å². The molecule has 0 saturated heterocycles. The van der Waals surface area contributed by atoms with Crippen LogP contribution in [-0.2, 0) is 11.2 Å². The highest BCUT2D eigenvalue weighted by atomic mass is 127. The third kappa shape index (κ3) is 4.87. The second kappa shape index (κ2) is 9.42. The van der Waals surface area contributed by atoms with Gasteiger partial charge in [-0.25, -0.2) is 4.99 Å². The van der Waals surface area contributed by atoms with Crippen LogP contribution in [0.2, 0.25) is 0 Å². The van der Waals surface area contributed by atoms with Crippen LogP contribution < -0.4 is 20.7 Å². The van der Waals surface area contributed by atoms with Crippen LogP contribution in [0, 0.1) is 0 Å². The van der Waals surface area contributed by atoms with E-state index in [1.165, 1.54) is 5.56 Å². The molecule has 2 aromatic carbocycles. The lowest BCUT2D eigenvalue weighted by molar-refractivity contribution is -0.117. The number of carbonyl (C=O) groups excluding carboxylic acids is 1. The summed E-state index contributed by atoms with van der Waals surface area (Å²) < 4.78 is 5.11. The predicted octanol–water partition coefficient (Wildman–Crippen LogP) is 3.02. The van der Waals surface area contributed by atoms with Crippen LogP contribution in [0.25, 0.3) is 0 Å². The quantitative estimate of drug-likeness (QED) is 0.413. The molecule has 26 heavy (non-hydrogen) atoms. The monoisotopic (exact) mass is 466 g/mol. The van der Waals surface area contributed by atoms with Gasteiger partial charge in [0.15, 0.2) is 5.96 Å². The van der Waals surface area contributed by atoms with E-state index in [2.05, 4.69) is 16.4 Å². The molecule has 0 radical (unpaired) electrons. The number of guanidine groups is 1. The molecule has 0 bridgehead atoms. The Kier molecular flexibility index (Phi) is 7.26. The number of hydrogen-bond donors (Lipinski definition) is 2. The lowest BCUT2D eigenvalue weighted by Crippen LogP contribution is -2.37. The molecule has 0 saturated carbocycles. The first kappa shape index (κ1) is 20.0. The molecule has 138 valence electrons. The Morgan fingerprint density at radius 2 is 1.96 bits per heavy atom. The van der Waals surface area contributed by atoms with Gasteiger partial charge in [0.25, 0.3) is 0 Å². The van der Waals surface area contributed by atoms with Gasteiger partial charge >= 0.3 is 0 Å². The van der Waals surface area contributed by atoms with Crippen molar-refractivity contribution in [2.75, 3.05) is 30.4 Å². The van der Waals surface area contributed by atoms with Gasteiger partial charge in [0, 0.05) is 17.9 Å². The van der Waals surface area contributed by atoms with E-state index in [-0.39, 0.29) is 42.4 Å². The largest absolute Gasteiger partial charge is 0.497 e. The molecule has 0 atom stereocenters. The summed E-state index contributed by atoms with van der Waals surface area (Å²) in [5.74, 6) is 0.926. The number of hydrogen-bond acceptors (Lipinski definition) is 3. The van der Waals surface area contributed by atoms with Crippen molar-refractivity contribution in [1.82, 2.24) is 0 Å². The van der Waals surface area contributed by atoms with Gasteiger partial charge in [0.1, 0.15) is 12.3 Å². The second-order valence-corrected chi connectivity index (χ2v) is 5.83. The zero-order valence-electron chi connectivity index (χ0n) is 14.6. The van der Waals surface area contributed by atoms with Gasteiger partial charge in [-0.3, -0.25) is 4.79 Å². The summed E-state index contributed by atoms with van der Waals surface area (Å²) >= 11 is 0. The summed E-state index contributed by atoms with van der Waals surface area (Å²) in [6.07, 6.45) is 1.97. The average Bonchev–Trinajstić information content (AvgIpc) is 2.66. The van der Waals surface area contributed by atoms with Crippen molar-refractivity contribution in [3.63, 3.8) is 0 Å². The zero-order chi connectivity index (χ0) is 17.6. The Hall–Kier alpha value is -2.29. The summed E-state index contributed by atoms with van der Waals surface area (Å²) in [6.45, 7) is 0.737. The van der Waals surface area contributed by atoms with Crippen molar-refractivity contribution in [3.05, 3.63) is 54.1 Å². The fourth-order valence-electron chi connectivity index (χ4n) is 2.89. The minimum Gasteiger partial charge on any atom is -0.497 e. The average molecular weight is 466 g/mol. The van der Waals surface area contributed by atoms with Crippen LogP contribution in [0.4, 0.5) is 11.4 Å². The van der Waals surface area contributed by atoms with Crippen LogP contribution in [0.5, 0.6) is 5.75 Å². The number of halogens is 1. The third-order valence-corrected chi connectivity index (χ3v) is 4.16. The molecule has 0 aromatic heterocycles. The van der Waals surface area contributed by atoms with E-state index in [1.807, 2.05) is 42.5 Å². The number of carbonyl (C=O) groups is 1. The molecule has 0 aliphatic carbocycles. The number of amides is 1. The molecule has 2 aromatic rings. The number of fused-ring (bicyclic) bond motifs is 1. The highest BCUT2D eigenvalue weighted by Crippen LogP contribution is 2.26. The van der Waals surface area contributed by atoms with E-state index in [1.54, 1.807) is 12.0 Å². The normalized spacial score (nSPS) is 13.4. The summed E-state index contributed by atoms with van der Waals surface area (Å²) in [7, 11) is 1.61. The van der Waals surface area contributed by atoms with Gasteiger partial charge in [0.05, 0.1) is 7.11 Å². The molecule has 1 amide bonds. The maximum absolute atomic E-state index is 12.5. The number of nitrogens with one attached hydrogen (secondary N) is 1. The fourth-order valence-corrected chi connectivity index (χ4v) is 2.89. The maximum Gasteiger partial charge on any atom is 0.248 e. The van der Waals surface area contributed by atoms with Crippen LogP contribution in [0.3, 0.4) is 0 Å². The number of aryl methyl sites for hydroxylation is 1. The van der Waals surface area contributed by atoms with Gasteiger partial charge < -0.3 is 20.7 Å². The summed E-state index contributed by atoms with van der Waals surface area (Å²) in [5, 5.41) is 2.97. The maximum atomic E-state index is 12.5. The van der Waals surface area contributed by atoms with Crippen molar-refractivity contribution >= 4 is 47.2 Å². The van der Waals surface area contributed by atoms with Crippen molar-refractivity contribution < 1.29 is 9.53 Å². The molecule has 6 nitrogen and oxygen atoms in total. The molecule has 1 heterocycles. The Labute approximate surface area is 170 Å². The number of nitrogens with zero attached hydrogens (tertiary/aromatic N) is 2.